The summed E-state index contributed by atoms with van der Waals surface area (Å²) in [4.78, 5) is 0. The molecule has 0 aliphatic carbocycles. The second-order valence-corrected chi connectivity index (χ2v) is 0.306. The Morgan fingerprint density at radius 3 is 1.80 bits per heavy atom. The fraction of sp³-hybridized carbons (Fsp3) is 0. The van der Waals surface area contributed by atoms with Gasteiger partial charge in [-0.2, -0.15) is 0 Å². The third-order valence-electron chi connectivity index (χ3n) is 0. The molecule has 0 heterocycles. The number of thiocarbonyl (C=S) groups is 1. The predicted octanol–water partition coefficient (Wildman–Crippen LogP) is -1.79. The first-order valence-corrected chi connectivity index (χ1v) is 0.862. The Labute approximate surface area is 103 Å². The molecule has 0 spiro atoms. The maximum Gasteiger partial charge on any atom is 1.00 e. The summed E-state index contributed by atoms with van der Waals surface area (Å²) in [5.74, 6) is 0. The van der Waals surface area contributed by atoms with Crippen LogP contribution in [0.3, 0.4) is 0 Å². The normalized spacial score (nSPS) is 1.60. The molecule has 1 N–H and O–H groups in total. The van der Waals surface area contributed by atoms with Crippen LogP contribution in [0.15, 0.2) is 0 Å². The average molecular weight is 229 g/mol. The molecule has 0 aromatic carbocycles. The number of hydrogen-bond donors (Lipinski definition) is 1. The quantitative estimate of drug-likeness (QED) is 0.385. The van der Waals surface area contributed by atoms with Gasteiger partial charge in [0.1, 0.15) is 0 Å². The van der Waals surface area contributed by atoms with Crippen LogP contribution in [0.5, 0.6) is 0 Å². The zero-order chi connectivity index (χ0) is 2.71. The van der Waals surface area contributed by atoms with Gasteiger partial charge in [0, 0.05) is 0 Å². The van der Waals surface area contributed by atoms with Crippen molar-refractivity contribution in [2.45, 2.75) is 0 Å². The molecule has 0 aromatic heterocycles. The first-order chi connectivity index (χ1) is 1.41. The minimum Gasteiger partial charge on any atom is -1.00 e. The minimum absolute atomic E-state index is 0. The Kier molecular flexibility index (Phi) is 51.7. The molecule has 0 saturated carbocycles. The van der Waals surface area contributed by atoms with E-state index >= 15 is 0 Å². The summed E-state index contributed by atoms with van der Waals surface area (Å²) in [6.07, 6.45) is 0. The fourth-order valence-electron chi connectivity index (χ4n) is 0. The molecule has 0 aliphatic rings. The van der Waals surface area contributed by atoms with Gasteiger partial charge in [-0.05, 0) is 12.2 Å². The molecule has 0 atom stereocenters. The monoisotopic (exact) mass is 229 g/mol. The molecular weight excluding hydrogens is 226 g/mol. The summed E-state index contributed by atoms with van der Waals surface area (Å²) >= 11 is 3.81. The number of isothiocyanates is 1. The summed E-state index contributed by atoms with van der Waals surface area (Å²) in [6.45, 7) is 0. The molecule has 0 fully saturated rings. The summed E-state index contributed by atoms with van der Waals surface area (Å²) < 4.78 is 0. The molecular formula is CH3ClCsNS. The molecule has 0 aliphatic heterocycles. The van der Waals surface area contributed by atoms with E-state index in [2.05, 4.69) is 12.2 Å². The van der Waals surface area contributed by atoms with Crippen molar-refractivity contribution in [1.29, 1.82) is 5.41 Å². The van der Waals surface area contributed by atoms with E-state index in [-0.39, 0.29) is 82.7 Å². The van der Waals surface area contributed by atoms with Gasteiger partial charge in [0.15, 0.2) is 0 Å². The van der Waals surface area contributed by atoms with Crippen molar-refractivity contribution in [3.05, 3.63) is 0 Å². The molecule has 5 heavy (non-hydrogen) atoms. The van der Waals surface area contributed by atoms with E-state index in [9.17, 15) is 0 Å². The van der Waals surface area contributed by atoms with Gasteiger partial charge in [-0.15, -0.1) is 12.4 Å². The Morgan fingerprint density at radius 2 is 1.80 bits per heavy atom. The van der Waals surface area contributed by atoms with Crippen LogP contribution >= 0.6 is 24.6 Å². The first-order valence-electron chi connectivity index (χ1n) is 0.454. The van der Waals surface area contributed by atoms with E-state index in [0.717, 1.165) is 0 Å². The second kappa shape index (κ2) is 16.4. The molecule has 4 heteroatoms. The number of halogens is 1. The molecule has 0 bridgehead atoms. The second-order valence-electron chi connectivity index (χ2n) is 0.102. The van der Waals surface area contributed by atoms with Crippen LogP contribution in [0.4, 0.5) is 0 Å². The van der Waals surface area contributed by atoms with Crippen LogP contribution in [0, 0.1) is 5.41 Å². The van der Waals surface area contributed by atoms with Crippen molar-refractivity contribution in [3.8, 4) is 0 Å². The van der Waals surface area contributed by atoms with E-state index in [1.807, 2.05) is 0 Å². The summed E-state index contributed by atoms with van der Waals surface area (Å²) in [6, 6.07) is 0. The molecule has 26 valence electrons. The standard InChI is InChI=1S/CHNS.ClH.Cs.H/c2-1-3;;;/h2H;1H;;/q;;+1;-1. The van der Waals surface area contributed by atoms with Crippen molar-refractivity contribution >= 4 is 29.8 Å². The Balaban J connectivity index is -0.00000000667. The van der Waals surface area contributed by atoms with E-state index in [0.29, 0.717) is 0 Å². The molecule has 0 amide bonds. The SMILES string of the molecule is Cl.N=C=S.[Cs+].[H-]. The van der Waals surface area contributed by atoms with E-state index < -0.39 is 0 Å². The van der Waals surface area contributed by atoms with Gasteiger partial charge in [-0.1, -0.05) is 0 Å². The molecule has 0 rings (SSSR count). The number of hydrogen-bond acceptors (Lipinski definition) is 2. The van der Waals surface area contributed by atoms with Crippen LogP contribution in [0.2, 0.25) is 0 Å². The van der Waals surface area contributed by atoms with E-state index in [4.69, 9.17) is 5.41 Å². The van der Waals surface area contributed by atoms with Crippen molar-refractivity contribution in [3.63, 3.8) is 0 Å². The fourth-order valence-corrected chi connectivity index (χ4v) is 0. The Hall–Kier alpha value is 2.14. The molecule has 0 saturated heterocycles. The average Bonchev–Trinajstić information content (AvgIpc) is 0.918. The largest absolute Gasteiger partial charge is 1.00 e. The topological polar surface area (TPSA) is 23.9 Å². The molecule has 1 nitrogen and oxygen atoms in total. The number of rotatable bonds is 0. The Bertz CT molecular complexity index is 36.5. The van der Waals surface area contributed by atoms with Gasteiger partial charge in [-0.3, -0.25) is 0 Å². The van der Waals surface area contributed by atoms with Gasteiger partial charge < -0.3 is 1.43 Å². The summed E-state index contributed by atoms with van der Waals surface area (Å²) in [5, 5.41) is 7.36. The predicted molar refractivity (Wildman–Crippen MR) is 23.7 cm³/mol. The van der Waals surface area contributed by atoms with Gasteiger partial charge in [-0.25, -0.2) is 5.41 Å². The van der Waals surface area contributed by atoms with Gasteiger partial charge in [0.05, 0.1) is 5.16 Å². The number of nitrogens with one attached hydrogen (secondary N) is 1. The van der Waals surface area contributed by atoms with Crippen LogP contribution < -0.4 is 68.9 Å². The van der Waals surface area contributed by atoms with Gasteiger partial charge >= 0.3 is 68.9 Å². The van der Waals surface area contributed by atoms with Crippen molar-refractivity contribution in [2.24, 2.45) is 0 Å². The molecule has 0 radical (unpaired) electrons. The van der Waals surface area contributed by atoms with Crippen molar-refractivity contribution < 1.29 is 70.3 Å². The zero-order valence-electron chi connectivity index (χ0n) is 3.82. The van der Waals surface area contributed by atoms with Crippen molar-refractivity contribution in [2.75, 3.05) is 0 Å². The van der Waals surface area contributed by atoms with Crippen LogP contribution in [0.25, 0.3) is 0 Å². The molecule has 0 aromatic rings. The third-order valence-corrected chi connectivity index (χ3v) is 0. The van der Waals surface area contributed by atoms with Gasteiger partial charge in [0.25, 0.3) is 0 Å². The van der Waals surface area contributed by atoms with Crippen LogP contribution in [-0.2, 0) is 0 Å². The summed E-state index contributed by atoms with van der Waals surface area (Å²) in [5.41, 5.74) is 0. The van der Waals surface area contributed by atoms with Crippen LogP contribution in [-0.4, -0.2) is 5.16 Å². The molecule has 0 unspecified atom stereocenters. The maximum absolute atomic E-state index is 5.77. The van der Waals surface area contributed by atoms with Crippen LogP contribution in [0.1, 0.15) is 1.43 Å². The van der Waals surface area contributed by atoms with Crippen molar-refractivity contribution in [1.82, 2.24) is 0 Å². The summed E-state index contributed by atoms with van der Waals surface area (Å²) in [7, 11) is 0. The first kappa shape index (κ1) is 15.7. The van der Waals surface area contributed by atoms with E-state index in [1.165, 1.54) is 0 Å². The smallest absolute Gasteiger partial charge is 1.00 e. The van der Waals surface area contributed by atoms with Gasteiger partial charge in [0.2, 0.25) is 0 Å². The van der Waals surface area contributed by atoms with E-state index in [1.54, 1.807) is 5.16 Å². The zero-order valence-corrected chi connectivity index (χ0v) is 10.7. The minimum atomic E-state index is 0. The third kappa shape index (κ3) is 23.0. The Morgan fingerprint density at radius 1 is 1.80 bits per heavy atom. The maximum atomic E-state index is 5.77.